The molecule has 0 saturated carbocycles. The molecule has 1 aliphatic rings. The van der Waals surface area contributed by atoms with Gasteiger partial charge in [-0.3, -0.25) is 4.79 Å². The summed E-state index contributed by atoms with van der Waals surface area (Å²) in [7, 11) is 0. The van der Waals surface area contributed by atoms with Gasteiger partial charge in [0.2, 0.25) is 0 Å². The van der Waals surface area contributed by atoms with Crippen LogP contribution in [0.5, 0.6) is 0 Å². The zero-order valence-corrected chi connectivity index (χ0v) is 12.7. The van der Waals surface area contributed by atoms with E-state index in [9.17, 15) is 14.7 Å². The lowest BCUT2D eigenvalue weighted by Gasteiger charge is -2.30. The predicted octanol–water partition coefficient (Wildman–Crippen LogP) is 3.35. The van der Waals surface area contributed by atoms with E-state index in [-0.39, 0.29) is 17.5 Å². The van der Waals surface area contributed by atoms with Crippen molar-refractivity contribution in [3.8, 4) is 0 Å². The third kappa shape index (κ3) is 4.10. The molecule has 0 heterocycles. The summed E-state index contributed by atoms with van der Waals surface area (Å²) in [5, 5.41) is 10.1. The molecule has 108 valence electrons. The van der Waals surface area contributed by atoms with Crippen molar-refractivity contribution in [1.29, 1.82) is 0 Å². The molecule has 0 aromatic rings. The number of ketones is 1. The van der Waals surface area contributed by atoms with Gasteiger partial charge >= 0.3 is 0 Å². The molecule has 1 rings (SSSR count). The van der Waals surface area contributed by atoms with Gasteiger partial charge in [-0.1, -0.05) is 20.3 Å². The Labute approximate surface area is 120 Å². The number of hydrogen-bond donors (Lipinski definition) is 2. The maximum Gasteiger partial charge on any atom is 0.162 e. The molecule has 3 unspecified atom stereocenters. The molecule has 0 amide bonds. The van der Waals surface area contributed by atoms with Gasteiger partial charge in [0.1, 0.15) is 6.29 Å². The van der Waals surface area contributed by atoms with Crippen LogP contribution in [0.15, 0.2) is 11.3 Å². The highest BCUT2D eigenvalue weighted by atomic mass is 32.1. The minimum Gasteiger partial charge on any atom is -0.512 e. The molecule has 3 atom stereocenters. The van der Waals surface area contributed by atoms with Crippen LogP contribution in [0.2, 0.25) is 0 Å². The summed E-state index contributed by atoms with van der Waals surface area (Å²) in [5.74, 6) is 1.22. The second kappa shape index (κ2) is 7.73. The zero-order chi connectivity index (χ0) is 14.4. The largest absolute Gasteiger partial charge is 0.512 e. The molecular formula is C15H24O3S. The number of hydrogen-bond acceptors (Lipinski definition) is 4. The first-order chi connectivity index (χ1) is 9.07. The second-order valence-corrected chi connectivity index (χ2v) is 5.74. The number of allylic oxidation sites excluding steroid dienone is 2. The molecule has 0 saturated heterocycles. The van der Waals surface area contributed by atoms with Crippen molar-refractivity contribution in [1.82, 2.24) is 0 Å². The summed E-state index contributed by atoms with van der Waals surface area (Å²) in [4.78, 5) is 23.0. The van der Waals surface area contributed by atoms with E-state index in [1.165, 1.54) is 0 Å². The van der Waals surface area contributed by atoms with E-state index in [0.29, 0.717) is 30.8 Å². The second-order valence-electron chi connectivity index (χ2n) is 5.38. The van der Waals surface area contributed by atoms with Crippen LogP contribution in [0.1, 0.15) is 46.0 Å². The van der Waals surface area contributed by atoms with Gasteiger partial charge in [0.15, 0.2) is 5.78 Å². The first-order valence-corrected chi connectivity index (χ1v) is 7.71. The predicted molar refractivity (Wildman–Crippen MR) is 79.5 cm³/mol. The van der Waals surface area contributed by atoms with E-state index in [2.05, 4.69) is 19.6 Å². The molecule has 1 N–H and O–H groups in total. The molecule has 19 heavy (non-hydrogen) atoms. The molecule has 0 bridgehead atoms. The number of carbonyl (C=O) groups excluding carboxylic acids is 2. The van der Waals surface area contributed by atoms with Crippen LogP contribution in [-0.4, -0.2) is 22.9 Å². The first-order valence-electron chi connectivity index (χ1n) is 7.08. The standard InChI is InChI=1S/C15H24O3S/c1-3-10(9-19)5-11-6-12(8-16)15(13(17)4-2)14(18)7-11/h8,10-12,18-19H,3-7,9H2,1-2H3. The average Bonchev–Trinajstić information content (AvgIpc) is 2.43. The van der Waals surface area contributed by atoms with Crippen LogP contribution in [-0.2, 0) is 9.59 Å². The Kier molecular flexibility index (Phi) is 6.63. The van der Waals surface area contributed by atoms with Gasteiger partial charge in [0, 0.05) is 24.3 Å². The number of aldehydes is 1. The number of carbonyl (C=O) groups is 2. The zero-order valence-electron chi connectivity index (χ0n) is 11.8. The van der Waals surface area contributed by atoms with Crippen molar-refractivity contribution in [3.05, 3.63) is 11.3 Å². The maximum atomic E-state index is 11.8. The van der Waals surface area contributed by atoms with Crippen molar-refractivity contribution in [3.63, 3.8) is 0 Å². The maximum absolute atomic E-state index is 11.8. The van der Waals surface area contributed by atoms with Crippen LogP contribution >= 0.6 is 12.6 Å². The number of aliphatic hydroxyl groups is 1. The molecule has 0 fully saturated rings. The van der Waals surface area contributed by atoms with Gasteiger partial charge in [-0.25, -0.2) is 0 Å². The van der Waals surface area contributed by atoms with Crippen LogP contribution in [0.4, 0.5) is 0 Å². The monoisotopic (exact) mass is 284 g/mol. The summed E-state index contributed by atoms with van der Waals surface area (Å²) < 4.78 is 0. The molecule has 3 nitrogen and oxygen atoms in total. The van der Waals surface area contributed by atoms with Crippen molar-refractivity contribution in [2.45, 2.75) is 46.0 Å². The third-order valence-electron chi connectivity index (χ3n) is 4.04. The van der Waals surface area contributed by atoms with E-state index in [4.69, 9.17) is 0 Å². The summed E-state index contributed by atoms with van der Waals surface area (Å²) in [6.07, 6.45) is 4.36. The van der Waals surface area contributed by atoms with Crippen molar-refractivity contribution < 1.29 is 14.7 Å². The number of Topliss-reactive ketones (excluding diaryl/α,β-unsaturated/α-hetero) is 1. The lowest BCUT2D eigenvalue weighted by atomic mass is 9.75. The Bertz CT molecular complexity index is 358. The fourth-order valence-electron chi connectivity index (χ4n) is 2.86. The van der Waals surface area contributed by atoms with Crippen molar-refractivity contribution >= 4 is 24.7 Å². The number of thiol groups is 1. The fraction of sp³-hybridized carbons (Fsp3) is 0.733. The van der Waals surface area contributed by atoms with Gasteiger partial charge in [0.25, 0.3) is 0 Å². The first kappa shape index (κ1) is 16.3. The van der Waals surface area contributed by atoms with Gasteiger partial charge in [0.05, 0.1) is 5.76 Å². The van der Waals surface area contributed by atoms with Gasteiger partial charge in [-0.2, -0.15) is 12.6 Å². The van der Waals surface area contributed by atoms with E-state index in [1.807, 2.05) is 0 Å². The highest BCUT2D eigenvalue weighted by Crippen LogP contribution is 2.36. The Hall–Kier alpha value is -0.770. The summed E-state index contributed by atoms with van der Waals surface area (Å²) in [6, 6.07) is 0. The topological polar surface area (TPSA) is 54.4 Å². The average molecular weight is 284 g/mol. The van der Waals surface area contributed by atoms with E-state index >= 15 is 0 Å². The quantitative estimate of drug-likeness (QED) is 0.557. The Balaban J connectivity index is 2.83. The normalized spacial score (nSPS) is 25.2. The third-order valence-corrected chi connectivity index (χ3v) is 4.56. The van der Waals surface area contributed by atoms with E-state index in [0.717, 1.165) is 24.9 Å². The Morgan fingerprint density at radius 2 is 2.21 bits per heavy atom. The molecule has 0 spiro atoms. The SMILES string of the molecule is CCC(=O)C1=C(O)CC(CC(CC)CS)CC1C=O. The Morgan fingerprint density at radius 1 is 1.53 bits per heavy atom. The smallest absolute Gasteiger partial charge is 0.162 e. The van der Waals surface area contributed by atoms with E-state index in [1.54, 1.807) is 6.92 Å². The molecule has 1 aliphatic carbocycles. The summed E-state index contributed by atoms with van der Waals surface area (Å²) in [6.45, 7) is 3.88. The minimum atomic E-state index is -0.427. The number of aliphatic hydroxyl groups excluding tert-OH is 1. The highest BCUT2D eigenvalue weighted by Gasteiger charge is 2.32. The van der Waals surface area contributed by atoms with Gasteiger partial charge in [-0.15, -0.1) is 0 Å². The Morgan fingerprint density at radius 3 is 2.68 bits per heavy atom. The van der Waals surface area contributed by atoms with Crippen molar-refractivity contribution in [2.75, 3.05) is 5.75 Å². The highest BCUT2D eigenvalue weighted by molar-refractivity contribution is 7.80. The molecular weight excluding hydrogens is 260 g/mol. The van der Waals surface area contributed by atoms with Gasteiger partial charge < -0.3 is 9.90 Å². The van der Waals surface area contributed by atoms with E-state index < -0.39 is 5.92 Å². The number of rotatable bonds is 7. The molecule has 0 aromatic heterocycles. The molecule has 4 heteroatoms. The lowest BCUT2D eigenvalue weighted by molar-refractivity contribution is -0.119. The van der Waals surface area contributed by atoms with Crippen molar-refractivity contribution in [2.24, 2.45) is 17.8 Å². The van der Waals surface area contributed by atoms with Gasteiger partial charge in [-0.05, 0) is 30.4 Å². The summed E-state index contributed by atoms with van der Waals surface area (Å²) in [5.41, 5.74) is 0.354. The summed E-state index contributed by atoms with van der Waals surface area (Å²) >= 11 is 4.33. The lowest BCUT2D eigenvalue weighted by Crippen LogP contribution is -2.26. The molecule has 0 aliphatic heterocycles. The van der Waals surface area contributed by atoms with Crippen LogP contribution < -0.4 is 0 Å². The molecule has 0 radical (unpaired) electrons. The fourth-order valence-corrected chi connectivity index (χ4v) is 3.27. The molecule has 0 aromatic carbocycles. The van der Waals surface area contributed by atoms with Crippen LogP contribution in [0, 0.1) is 17.8 Å². The van der Waals surface area contributed by atoms with Crippen LogP contribution in [0.25, 0.3) is 0 Å². The van der Waals surface area contributed by atoms with Crippen LogP contribution in [0.3, 0.4) is 0 Å². The minimum absolute atomic E-state index is 0.103.